The van der Waals surface area contributed by atoms with Crippen molar-refractivity contribution in [3.63, 3.8) is 0 Å². The Hall–Kier alpha value is -1.86. The lowest BCUT2D eigenvalue weighted by atomic mass is 10.1. The van der Waals surface area contributed by atoms with Crippen molar-refractivity contribution in [2.45, 2.75) is 25.4 Å². The quantitative estimate of drug-likeness (QED) is 0.624. The monoisotopic (exact) mass is 310 g/mol. The lowest BCUT2D eigenvalue weighted by Crippen LogP contribution is -2.25. The first kappa shape index (κ1) is 17.2. The molecule has 1 aromatic carbocycles. The van der Waals surface area contributed by atoms with Crippen LogP contribution in [0.25, 0.3) is 0 Å². The number of halogens is 5. The third kappa shape index (κ3) is 5.57. The van der Waals surface area contributed by atoms with Gasteiger partial charge in [-0.2, -0.15) is 13.2 Å². The van der Waals surface area contributed by atoms with E-state index in [0.29, 0.717) is 0 Å². The van der Waals surface area contributed by atoms with Crippen molar-refractivity contribution in [1.82, 2.24) is 5.32 Å². The van der Waals surface area contributed by atoms with E-state index in [0.717, 1.165) is 12.1 Å². The zero-order valence-corrected chi connectivity index (χ0v) is 11.3. The van der Waals surface area contributed by atoms with Gasteiger partial charge in [-0.15, -0.1) is 0 Å². The van der Waals surface area contributed by atoms with Gasteiger partial charge in [-0.05, 0) is 25.0 Å². The highest BCUT2D eigenvalue weighted by atomic mass is 19.4. The van der Waals surface area contributed by atoms with E-state index in [1.54, 1.807) is 0 Å². The second kappa shape index (κ2) is 7.24. The zero-order valence-electron chi connectivity index (χ0n) is 11.3. The molecule has 118 valence electrons. The van der Waals surface area contributed by atoms with Crippen molar-refractivity contribution in [3.05, 3.63) is 29.3 Å². The van der Waals surface area contributed by atoms with Crippen LogP contribution in [-0.4, -0.2) is 25.7 Å². The van der Waals surface area contributed by atoms with Crippen LogP contribution in [0.3, 0.4) is 0 Å². The molecular formula is C13H15F5N2O. The number of carbonyl (C=O) groups is 1. The molecule has 8 heteroatoms. The van der Waals surface area contributed by atoms with Gasteiger partial charge in [-0.1, -0.05) is 0 Å². The van der Waals surface area contributed by atoms with Crippen LogP contribution in [0.1, 0.15) is 29.6 Å². The molecular weight excluding hydrogens is 295 g/mol. The SMILES string of the molecule is CNc1c(F)cc(C(=O)NCCCCC(F)(F)F)cc1F. The van der Waals surface area contributed by atoms with Crippen molar-refractivity contribution < 1.29 is 26.7 Å². The van der Waals surface area contributed by atoms with E-state index in [1.807, 2.05) is 0 Å². The third-order valence-electron chi connectivity index (χ3n) is 2.73. The maximum absolute atomic E-state index is 13.4. The van der Waals surface area contributed by atoms with E-state index in [1.165, 1.54) is 7.05 Å². The fraction of sp³-hybridized carbons (Fsp3) is 0.462. The molecule has 0 aromatic heterocycles. The molecule has 0 saturated heterocycles. The van der Waals surface area contributed by atoms with Gasteiger partial charge in [0, 0.05) is 25.6 Å². The lowest BCUT2D eigenvalue weighted by molar-refractivity contribution is -0.135. The molecule has 0 bridgehead atoms. The molecule has 1 aromatic rings. The second-order valence-electron chi connectivity index (χ2n) is 4.39. The van der Waals surface area contributed by atoms with Crippen molar-refractivity contribution in [1.29, 1.82) is 0 Å². The molecule has 0 aliphatic carbocycles. The predicted octanol–water partition coefficient (Wildman–Crippen LogP) is 3.47. The molecule has 0 fully saturated rings. The smallest absolute Gasteiger partial charge is 0.383 e. The minimum atomic E-state index is -4.22. The predicted molar refractivity (Wildman–Crippen MR) is 68.1 cm³/mol. The molecule has 0 aliphatic heterocycles. The van der Waals surface area contributed by atoms with E-state index in [4.69, 9.17) is 0 Å². The van der Waals surface area contributed by atoms with Crippen LogP contribution in [0.15, 0.2) is 12.1 Å². The summed E-state index contributed by atoms with van der Waals surface area (Å²) in [5.41, 5.74) is -0.573. The molecule has 0 radical (unpaired) electrons. The number of hydrogen-bond donors (Lipinski definition) is 2. The number of amides is 1. The van der Waals surface area contributed by atoms with Gasteiger partial charge >= 0.3 is 6.18 Å². The van der Waals surface area contributed by atoms with Gasteiger partial charge in [0.25, 0.3) is 5.91 Å². The van der Waals surface area contributed by atoms with E-state index >= 15 is 0 Å². The van der Waals surface area contributed by atoms with E-state index in [9.17, 15) is 26.7 Å². The summed E-state index contributed by atoms with van der Waals surface area (Å²) in [6, 6.07) is 1.72. The minimum Gasteiger partial charge on any atom is -0.383 e. The number of unbranched alkanes of at least 4 members (excludes halogenated alkanes) is 1. The van der Waals surface area contributed by atoms with E-state index in [2.05, 4.69) is 10.6 Å². The first-order valence-electron chi connectivity index (χ1n) is 6.26. The molecule has 21 heavy (non-hydrogen) atoms. The summed E-state index contributed by atoms with van der Waals surface area (Å²) in [4.78, 5) is 11.6. The molecule has 2 N–H and O–H groups in total. The van der Waals surface area contributed by atoms with Crippen molar-refractivity contribution in [2.24, 2.45) is 0 Å². The Balaban J connectivity index is 2.50. The Morgan fingerprint density at radius 1 is 1.14 bits per heavy atom. The van der Waals surface area contributed by atoms with Crippen molar-refractivity contribution >= 4 is 11.6 Å². The summed E-state index contributed by atoms with van der Waals surface area (Å²) in [7, 11) is 1.34. The number of alkyl halides is 3. The standard InChI is InChI=1S/C13H15F5N2O/c1-19-11-9(14)6-8(7-10(11)15)12(21)20-5-3-2-4-13(16,17)18/h6-7,19H,2-5H2,1H3,(H,20,21). The van der Waals surface area contributed by atoms with Crippen molar-refractivity contribution in [3.8, 4) is 0 Å². The van der Waals surface area contributed by atoms with Gasteiger partial charge in [-0.25, -0.2) is 8.78 Å². The summed E-state index contributed by atoms with van der Waals surface area (Å²) in [5, 5.41) is 4.63. The second-order valence-corrected chi connectivity index (χ2v) is 4.39. The number of nitrogens with one attached hydrogen (secondary N) is 2. The molecule has 0 heterocycles. The van der Waals surface area contributed by atoms with Gasteiger partial charge in [0.05, 0.1) is 0 Å². The van der Waals surface area contributed by atoms with Crippen LogP contribution in [0.5, 0.6) is 0 Å². The van der Waals surface area contributed by atoms with Crippen LogP contribution in [-0.2, 0) is 0 Å². The number of benzene rings is 1. The molecule has 0 saturated carbocycles. The highest BCUT2D eigenvalue weighted by Crippen LogP contribution is 2.22. The summed E-state index contributed by atoms with van der Waals surface area (Å²) in [5.74, 6) is -2.57. The molecule has 1 amide bonds. The number of hydrogen-bond acceptors (Lipinski definition) is 2. The Morgan fingerprint density at radius 2 is 1.71 bits per heavy atom. The van der Waals surface area contributed by atoms with Crippen LogP contribution >= 0.6 is 0 Å². The van der Waals surface area contributed by atoms with Gasteiger partial charge < -0.3 is 10.6 Å². The molecule has 0 aliphatic rings. The van der Waals surface area contributed by atoms with Crippen molar-refractivity contribution in [2.75, 3.05) is 18.9 Å². The maximum Gasteiger partial charge on any atom is 0.389 e. The number of anilines is 1. The fourth-order valence-electron chi connectivity index (χ4n) is 1.70. The van der Waals surface area contributed by atoms with Crippen LogP contribution in [0, 0.1) is 11.6 Å². The van der Waals surface area contributed by atoms with E-state index in [-0.39, 0.29) is 30.6 Å². The first-order chi connectivity index (χ1) is 9.74. The van der Waals surface area contributed by atoms with Gasteiger partial charge in [0.2, 0.25) is 0 Å². The Labute approximate surface area is 118 Å². The number of carbonyl (C=O) groups excluding carboxylic acids is 1. The normalized spacial score (nSPS) is 11.3. The minimum absolute atomic E-state index is 0.00588. The fourth-order valence-corrected chi connectivity index (χ4v) is 1.70. The van der Waals surface area contributed by atoms with Crippen LogP contribution in [0.2, 0.25) is 0 Å². The average Bonchev–Trinajstić information content (AvgIpc) is 2.36. The van der Waals surface area contributed by atoms with Gasteiger partial charge in [-0.3, -0.25) is 4.79 Å². The first-order valence-corrected chi connectivity index (χ1v) is 6.26. The average molecular weight is 310 g/mol. The summed E-state index contributed by atoms with van der Waals surface area (Å²) in [6.45, 7) is 0.00588. The maximum atomic E-state index is 13.4. The van der Waals surface area contributed by atoms with Gasteiger partial charge in [0.1, 0.15) is 17.3 Å². The van der Waals surface area contributed by atoms with Crippen LogP contribution in [0.4, 0.5) is 27.6 Å². The van der Waals surface area contributed by atoms with E-state index < -0.39 is 30.1 Å². The number of rotatable bonds is 6. The summed E-state index contributed by atoms with van der Waals surface area (Å²) < 4.78 is 62.5. The summed E-state index contributed by atoms with van der Waals surface area (Å²) >= 11 is 0. The molecule has 0 atom stereocenters. The van der Waals surface area contributed by atoms with Crippen LogP contribution < -0.4 is 10.6 Å². The Morgan fingerprint density at radius 3 is 2.19 bits per heavy atom. The topological polar surface area (TPSA) is 41.1 Å². The molecule has 3 nitrogen and oxygen atoms in total. The molecule has 1 rings (SSSR count). The lowest BCUT2D eigenvalue weighted by Gasteiger charge is -2.09. The van der Waals surface area contributed by atoms with Gasteiger partial charge in [0.15, 0.2) is 0 Å². The zero-order chi connectivity index (χ0) is 16.0. The third-order valence-corrected chi connectivity index (χ3v) is 2.73. The Bertz CT molecular complexity index is 479. The summed E-state index contributed by atoms with van der Waals surface area (Å²) in [6.07, 6.45) is -5.14. The highest BCUT2D eigenvalue weighted by molar-refractivity contribution is 5.94. The highest BCUT2D eigenvalue weighted by Gasteiger charge is 2.25. The largest absolute Gasteiger partial charge is 0.389 e. The molecule has 0 spiro atoms. The Kier molecular flexibility index (Phi) is 5.92. The molecule has 0 unspecified atom stereocenters.